The van der Waals surface area contributed by atoms with Crippen molar-refractivity contribution in [2.45, 2.75) is 92.6 Å². The van der Waals surface area contributed by atoms with Gasteiger partial charge >= 0.3 is 18.2 Å². The Morgan fingerprint density at radius 3 is 1.48 bits per heavy atom. The molecule has 248 valence electrons. The summed E-state index contributed by atoms with van der Waals surface area (Å²) in [4.78, 5) is 43.1. The largest absolute Gasteiger partial charge is 0.465 e. The van der Waals surface area contributed by atoms with Crippen molar-refractivity contribution in [2.24, 2.45) is 5.92 Å². The summed E-state index contributed by atoms with van der Waals surface area (Å²) in [6, 6.07) is 14.4. The first kappa shape index (κ1) is 35.7. The zero-order valence-electron chi connectivity index (χ0n) is 27.9. The Morgan fingerprint density at radius 1 is 0.739 bits per heavy atom. The van der Waals surface area contributed by atoms with E-state index in [2.05, 4.69) is 31.9 Å². The predicted octanol–water partition coefficient (Wildman–Crippen LogP) is 9.28. The highest BCUT2D eigenvalue weighted by Crippen LogP contribution is 2.37. The Morgan fingerprint density at radius 2 is 1.13 bits per heavy atom. The van der Waals surface area contributed by atoms with Gasteiger partial charge in [-0.25, -0.2) is 18.7 Å². The summed E-state index contributed by atoms with van der Waals surface area (Å²) in [6.07, 6.45) is -1.07. The summed E-state index contributed by atoms with van der Waals surface area (Å²) < 4.78 is 21.8. The lowest BCUT2D eigenvalue weighted by Gasteiger charge is -2.33. The van der Waals surface area contributed by atoms with Gasteiger partial charge in [0, 0.05) is 32.8 Å². The van der Waals surface area contributed by atoms with Crippen LogP contribution in [0.15, 0.2) is 57.5 Å². The van der Waals surface area contributed by atoms with Crippen molar-refractivity contribution in [2.75, 3.05) is 6.61 Å². The number of nitrogens with zero attached hydrogens (tertiary/aromatic N) is 3. The minimum absolute atomic E-state index is 0.137. The smallest absolute Gasteiger partial charge is 0.419 e. The van der Waals surface area contributed by atoms with Gasteiger partial charge in [0.2, 0.25) is 0 Å². The first-order valence-electron chi connectivity index (χ1n) is 15.4. The van der Waals surface area contributed by atoms with E-state index >= 15 is 0 Å². The van der Waals surface area contributed by atoms with Crippen LogP contribution in [0.4, 0.5) is 9.59 Å². The van der Waals surface area contributed by atoms with Gasteiger partial charge in [-0.05, 0) is 98.4 Å². The second-order valence-corrected chi connectivity index (χ2v) is 15.1. The molecule has 0 amide bonds. The zero-order chi connectivity index (χ0) is 34.1. The first-order valence-corrected chi connectivity index (χ1v) is 17.0. The number of carbonyl (C=O) groups excluding carboxylic acids is 3. The maximum Gasteiger partial charge on any atom is 0.419 e. The van der Waals surface area contributed by atoms with Crippen molar-refractivity contribution in [3.63, 3.8) is 0 Å². The fraction of sp³-hybridized carbons (Fsp3) is 0.457. The lowest BCUT2D eigenvalue weighted by Crippen LogP contribution is -2.46. The Balaban J connectivity index is 1.95. The van der Waals surface area contributed by atoms with Gasteiger partial charge in [0.05, 0.1) is 29.0 Å². The second-order valence-electron chi connectivity index (χ2n) is 13.5. The maximum atomic E-state index is 13.8. The van der Waals surface area contributed by atoms with Crippen LogP contribution >= 0.6 is 31.9 Å². The van der Waals surface area contributed by atoms with Crippen molar-refractivity contribution >= 4 is 71.8 Å². The van der Waals surface area contributed by atoms with Crippen molar-refractivity contribution in [3.05, 3.63) is 68.9 Å². The third kappa shape index (κ3) is 7.69. The molecule has 0 N–H and O–H groups in total. The second kappa shape index (κ2) is 13.9. The highest BCUT2D eigenvalue weighted by molar-refractivity contribution is 9.11. The number of halogens is 2. The Labute approximate surface area is 287 Å². The van der Waals surface area contributed by atoms with Crippen LogP contribution in [0.3, 0.4) is 0 Å². The summed E-state index contributed by atoms with van der Waals surface area (Å²) in [5.41, 5.74) is 1.05. The molecule has 0 saturated carbocycles. The van der Waals surface area contributed by atoms with E-state index in [9.17, 15) is 14.4 Å². The van der Waals surface area contributed by atoms with Gasteiger partial charge in [-0.2, -0.15) is 0 Å². The van der Waals surface area contributed by atoms with E-state index in [1.54, 1.807) is 16.1 Å². The van der Waals surface area contributed by atoms with Gasteiger partial charge in [-0.1, -0.05) is 50.2 Å². The summed E-state index contributed by atoms with van der Waals surface area (Å²) in [5.74, 6) is -0.583. The van der Waals surface area contributed by atoms with Crippen molar-refractivity contribution in [3.8, 4) is 0 Å². The van der Waals surface area contributed by atoms with Crippen LogP contribution in [0, 0.1) is 5.92 Å². The number of hydrogen-bond donors (Lipinski definition) is 0. The molecular formula is C35H43Br2N3O6. The number of rotatable bonds is 8. The molecule has 0 fully saturated rings. The number of fused-ring (bicyclic) bond motifs is 2. The number of benzene rings is 2. The molecule has 11 heteroatoms. The van der Waals surface area contributed by atoms with Crippen LogP contribution in [-0.4, -0.2) is 56.0 Å². The number of esters is 1. The Bertz CT molecular complexity index is 1650. The normalized spacial score (nSPS) is 13.1. The van der Waals surface area contributed by atoms with Crippen LogP contribution < -0.4 is 0 Å². The fourth-order valence-electron chi connectivity index (χ4n) is 5.53. The predicted molar refractivity (Wildman–Crippen MR) is 187 cm³/mol. The molecule has 0 unspecified atom stereocenters. The summed E-state index contributed by atoms with van der Waals surface area (Å²) in [6.45, 7) is 17.1. The van der Waals surface area contributed by atoms with E-state index in [0.29, 0.717) is 31.4 Å². The van der Waals surface area contributed by atoms with Crippen molar-refractivity contribution < 1.29 is 28.6 Å². The van der Waals surface area contributed by atoms with E-state index < -0.39 is 35.4 Å². The van der Waals surface area contributed by atoms with Crippen LogP contribution in [0.1, 0.15) is 73.7 Å². The average Bonchev–Trinajstić information content (AvgIpc) is 3.37. The average molecular weight is 762 g/mol. The van der Waals surface area contributed by atoms with Crippen molar-refractivity contribution in [1.82, 2.24) is 14.0 Å². The molecule has 2 heterocycles. The first-order chi connectivity index (χ1) is 21.4. The van der Waals surface area contributed by atoms with E-state index in [0.717, 1.165) is 10.8 Å². The number of aromatic nitrogens is 2. The molecule has 9 nitrogen and oxygen atoms in total. The summed E-state index contributed by atoms with van der Waals surface area (Å²) in [7, 11) is 0. The van der Waals surface area contributed by atoms with Gasteiger partial charge in [0.1, 0.15) is 17.2 Å². The van der Waals surface area contributed by atoms with Gasteiger partial charge in [-0.3, -0.25) is 9.69 Å². The lowest BCUT2D eigenvalue weighted by atomic mass is 10.0. The molecule has 0 spiro atoms. The number of carbonyl (C=O) groups is 3. The van der Waals surface area contributed by atoms with Crippen molar-refractivity contribution in [1.29, 1.82) is 0 Å². The van der Waals surface area contributed by atoms with Gasteiger partial charge < -0.3 is 14.2 Å². The van der Waals surface area contributed by atoms with Gasteiger partial charge in [0.15, 0.2) is 0 Å². The quantitative estimate of drug-likeness (QED) is 0.131. The van der Waals surface area contributed by atoms with Gasteiger partial charge in [-0.15, -0.1) is 0 Å². The summed E-state index contributed by atoms with van der Waals surface area (Å²) in [5, 5.41) is 1.65. The molecular weight excluding hydrogens is 718 g/mol. The third-order valence-corrected chi connectivity index (χ3v) is 8.99. The Hall–Kier alpha value is -3.15. The topological polar surface area (TPSA) is 92.0 Å². The molecule has 46 heavy (non-hydrogen) atoms. The molecule has 0 radical (unpaired) electrons. The molecule has 0 aliphatic heterocycles. The highest BCUT2D eigenvalue weighted by atomic mass is 79.9. The molecule has 4 rings (SSSR count). The maximum absolute atomic E-state index is 13.8. The SMILES string of the molecule is CCOC(=O)[C@H](C(C)C)N(Cc1c(Br)c2ccccc2n1C(=O)OC(C)(C)C)Cc1c(Br)c2ccccc2n1C(=O)OC(C)(C)C. The molecule has 0 saturated heterocycles. The molecule has 0 bridgehead atoms. The minimum atomic E-state index is -0.740. The monoisotopic (exact) mass is 759 g/mol. The zero-order valence-corrected chi connectivity index (χ0v) is 31.1. The number of para-hydroxylation sites is 2. The molecule has 0 aliphatic carbocycles. The summed E-state index contributed by atoms with van der Waals surface area (Å²) >= 11 is 7.54. The van der Waals surface area contributed by atoms with Crippen LogP contribution in [-0.2, 0) is 32.1 Å². The minimum Gasteiger partial charge on any atom is -0.465 e. The molecule has 2 aromatic carbocycles. The number of ether oxygens (including phenoxy) is 3. The Kier molecular flexibility index (Phi) is 10.8. The highest BCUT2D eigenvalue weighted by Gasteiger charge is 2.36. The van der Waals surface area contributed by atoms with E-state index in [-0.39, 0.29) is 25.6 Å². The van der Waals surface area contributed by atoms with Crippen LogP contribution in [0.5, 0.6) is 0 Å². The van der Waals surface area contributed by atoms with Crippen LogP contribution in [0.25, 0.3) is 21.8 Å². The molecule has 4 aromatic rings. The lowest BCUT2D eigenvalue weighted by molar-refractivity contribution is -0.152. The number of hydrogen-bond acceptors (Lipinski definition) is 7. The van der Waals surface area contributed by atoms with Crippen LogP contribution in [0.2, 0.25) is 0 Å². The van der Waals surface area contributed by atoms with Gasteiger partial charge in [0.25, 0.3) is 0 Å². The third-order valence-electron chi connectivity index (χ3n) is 7.22. The van der Waals surface area contributed by atoms with E-state index in [4.69, 9.17) is 14.2 Å². The fourth-order valence-corrected chi connectivity index (χ4v) is 6.80. The van der Waals surface area contributed by atoms with E-state index in [1.807, 2.05) is 109 Å². The standard InChI is InChI=1S/C35H43Br2N3O6/c1-10-44-31(41)30(21(2)3)38(19-26-28(36)22-15-11-13-17-24(22)39(26)32(42)45-34(4,5)6)20-27-29(37)23-16-12-14-18-25(23)40(27)33(43)46-35(7,8)9/h11-18,21,30H,10,19-20H2,1-9H3/t30-/m0/s1. The molecule has 1 atom stereocenters. The molecule has 0 aliphatic rings. The molecule has 2 aromatic heterocycles. The van der Waals surface area contributed by atoms with E-state index in [1.165, 1.54) is 0 Å².